The number of sulfonamides is 2. The molecule has 0 radical (unpaired) electrons. The third-order valence-electron chi connectivity index (χ3n) is 5.07. The normalized spacial score (nSPS) is 12.5. The number of nitrogens with zero attached hydrogens (tertiary/aromatic N) is 2. The van der Waals surface area contributed by atoms with Crippen LogP contribution < -0.4 is 0 Å². The molecule has 6 nitrogen and oxygen atoms in total. The van der Waals surface area contributed by atoms with Gasteiger partial charge < -0.3 is 0 Å². The Kier molecular flexibility index (Phi) is 11.9. The molecule has 2 aromatic carbocycles. The maximum absolute atomic E-state index is 13.3. The van der Waals surface area contributed by atoms with Crippen LogP contribution in [0.15, 0.2) is 60.7 Å². The Morgan fingerprint density at radius 1 is 0.606 bits per heavy atom. The van der Waals surface area contributed by atoms with Gasteiger partial charge in [-0.05, 0) is 24.0 Å². The summed E-state index contributed by atoms with van der Waals surface area (Å²) in [6.07, 6.45) is 5.01. The Balaban J connectivity index is 2.28. The van der Waals surface area contributed by atoms with Crippen LogP contribution in [-0.4, -0.2) is 37.3 Å². The average molecular weight is 513 g/mol. The summed E-state index contributed by atoms with van der Waals surface area (Å²) in [6.45, 7) is 4.66. The van der Waals surface area contributed by atoms with Gasteiger partial charge in [-0.2, -0.15) is 0 Å². The van der Waals surface area contributed by atoms with Crippen LogP contribution in [0.3, 0.4) is 0 Å². The Labute approximate surface area is 204 Å². The highest BCUT2D eigenvalue weighted by Crippen LogP contribution is 2.29. The lowest BCUT2D eigenvalue weighted by atomic mass is 10.2. The van der Waals surface area contributed by atoms with Crippen molar-refractivity contribution in [1.29, 1.82) is 0 Å². The number of unbranched alkanes of at least 4 members (excludes halogenated alkanes) is 4. The van der Waals surface area contributed by atoms with Crippen molar-refractivity contribution < 1.29 is 16.8 Å². The van der Waals surface area contributed by atoms with E-state index >= 15 is 0 Å². The quantitative estimate of drug-likeness (QED) is 0.216. The minimum atomic E-state index is -3.72. The molecule has 33 heavy (non-hydrogen) atoms. The summed E-state index contributed by atoms with van der Waals surface area (Å²) in [4.78, 5) is 0. The van der Waals surface area contributed by atoms with Crippen molar-refractivity contribution in [3.63, 3.8) is 0 Å². The first-order valence-corrected chi connectivity index (χ1v) is 15.5. The summed E-state index contributed by atoms with van der Waals surface area (Å²) in [5.41, 5.74) is 1.37. The second-order valence-corrected chi connectivity index (χ2v) is 13.3. The minimum absolute atomic E-state index is 0.158. The highest BCUT2D eigenvalue weighted by molar-refractivity contribution is 8.12. The van der Waals surface area contributed by atoms with Gasteiger partial charge in [0.2, 0.25) is 20.0 Å². The first kappa shape index (κ1) is 27.9. The average Bonchev–Trinajstić information content (AvgIpc) is 2.78. The largest absolute Gasteiger partial charge is 0.228 e. The second kappa shape index (κ2) is 14.1. The van der Waals surface area contributed by atoms with Crippen LogP contribution in [0.5, 0.6) is 0 Å². The molecule has 0 fully saturated rings. The summed E-state index contributed by atoms with van der Waals surface area (Å²) in [5.74, 6) is -0.316. The maximum Gasteiger partial charge on any atom is 0.228 e. The lowest BCUT2D eigenvalue weighted by molar-refractivity contribution is 0.500. The first-order chi connectivity index (χ1) is 15.8. The molecular weight excluding hydrogens is 476 g/mol. The molecule has 0 atom stereocenters. The molecule has 2 aromatic rings. The standard InChI is InChI=1S/C24H36N2O4S3/c1-3-5-13-19-25(32(27,28)21-23-15-9-7-10-16-23)31-26(20-14-6-4-2)33(29,30)22-24-17-11-8-12-18-24/h7-12,15-18H,3-6,13-14,19-22H2,1-2H3. The van der Waals surface area contributed by atoms with Crippen LogP contribution in [0.1, 0.15) is 63.5 Å². The Bertz CT molecular complexity index is 931. The van der Waals surface area contributed by atoms with Crippen LogP contribution in [0.4, 0.5) is 0 Å². The zero-order chi connectivity index (χ0) is 24.2. The third kappa shape index (κ3) is 9.78. The van der Waals surface area contributed by atoms with Crippen molar-refractivity contribution in [1.82, 2.24) is 7.42 Å². The van der Waals surface area contributed by atoms with E-state index in [1.165, 1.54) is 7.42 Å². The monoisotopic (exact) mass is 512 g/mol. The number of rotatable bonds is 16. The van der Waals surface area contributed by atoms with Crippen LogP contribution in [0, 0.1) is 0 Å². The first-order valence-electron chi connectivity index (χ1n) is 11.5. The van der Waals surface area contributed by atoms with Gasteiger partial charge in [-0.15, -0.1) is 7.42 Å². The smallest absolute Gasteiger partial charge is 0.211 e. The van der Waals surface area contributed by atoms with Crippen molar-refractivity contribution in [2.24, 2.45) is 0 Å². The summed E-state index contributed by atoms with van der Waals surface area (Å²) in [7, 11) is -7.45. The molecule has 9 heteroatoms. The predicted octanol–water partition coefficient (Wildman–Crippen LogP) is 5.59. The zero-order valence-electron chi connectivity index (χ0n) is 19.6. The summed E-state index contributed by atoms with van der Waals surface area (Å²) in [5, 5.41) is 0. The summed E-state index contributed by atoms with van der Waals surface area (Å²) in [6, 6.07) is 18.0. The highest BCUT2D eigenvalue weighted by Gasteiger charge is 2.31. The number of hydrogen-bond donors (Lipinski definition) is 0. The molecule has 2 rings (SSSR count). The van der Waals surface area contributed by atoms with Crippen molar-refractivity contribution in [2.45, 2.75) is 63.9 Å². The predicted molar refractivity (Wildman–Crippen MR) is 138 cm³/mol. The van der Waals surface area contributed by atoms with Crippen LogP contribution >= 0.6 is 12.1 Å². The molecule has 0 amide bonds. The Morgan fingerprint density at radius 3 is 1.30 bits per heavy atom. The molecule has 0 unspecified atom stereocenters. The van der Waals surface area contributed by atoms with Gasteiger partial charge in [-0.25, -0.2) is 16.8 Å². The second-order valence-electron chi connectivity index (χ2n) is 8.03. The van der Waals surface area contributed by atoms with E-state index in [4.69, 9.17) is 0 Å². The van der Waals surface area contributed by atoms with E-state index in [0.29, 0.717) is 24.0 Å². The Hall–Kier alpha value is -1.39. The van der Waals surface area contributed by atoms with Gasteiger partial charge in [0.25, 0.3) is 0 Å². The maximum atomic E-state index is 13.3. The zero-order valence-corrected chi connectivity index (χ0v) is 22.0. The van der Waals surface area contributed by atoms with Crippen LogP contribution in [0.2, 0.25) is 0 Å². The molecule has 0 saturated heterocycles. The van der Waals surface area contributed by atoms with Crippen molar-refractivity contribution in [3.05, 3.63) is 71.8 Å². The minimum Gasteiger partial charge on any atom is -0.211 e. The van der Waals surface area contributed by atoms with Crippen molar-refractivity contribution in [2.75, 3.05) is 13.1 Å². The van der Waals surface area contributed by atoms with Gasteiger partial charge in [0.15, 0.2) is 0 Å². The van der Waals surface area contributed by atoms with E-state index in [9.17, 15) is 16.8 Å². The van der Waals surface area contributed by atoms with Crippen molar-refractivity contribution >= 4 is 32.2 Å². The van der Waals surface area contributed by atoms with Crippen molar-refractivity contribution in [3.8, 4) is 0 Å². The van der Waals surface area contributed by atoms with E-state index in [-0.39, 0.29) is 24.6 Å². The SMILES string of the molecule is CCCCCN(SN(CCCCC)S(=O)(=O)Cc1ccccc1)S(=O)(=O)Cc1ccccc1. The van der Waals surface area contributed by atoms with Gasteiger partial charge in [-0.1, -0.05) is 100 Å². The molecule has 0 heterocycles. The van der Waals surface area contributed by atoms with E-state index in [0.717, 1.165) is 37.8 Å². The molecular formula is C24H36N2O4S3. The molecule has 0 aliphatic heterocycles. The van der Waals surface area contributed by atoms with Gasteiger partial charge in [0.05, 0.1) is 11.5 Å². The summed E-state index contributed by atoms with van der Waals surface area (Å²) >= 11 is 0.834. The highest BCUT2D eigenvalue weighted by atomic mass is 32.3. The fraction of sp³-hybridized carbons (Fsp3) is 0.500. The van der Waals surface area contributed by atoms with E-state index < -0.39 is 20.0 Å². The van der Waals surface area contributed by atoms with E-state index in [1.54, 1.807) is 48.5 Å². The number of hydrogen-bond acceptors (Lipinski definition) is 5. The van der Waals surface area contributed by atoms with E-state index in [2.05, 4.69) is 13.8 Å². The number of benzene rings is 2. The lowest BCUT2D eigenvalue weighted by Gasteiger charge is -2.28. The van der Waals surface area contributed by atoms with Gasteiger partial charge in [0.1, 0.15) is 0 Å². The molecule has 0 N–H and O–H groups in total. The molecule has 0 spiro atoms. The molecule has 0 saturated carbocycles. The van der Waals surface area contributed by atoms with Crippen LogP contribution in [-0.2, 0) is 31.6 Å². The molecule has 0 bridgehead atoms. The molecule has 0 aliphatic rings. The van der Waals surface area contributed by atoms with Crippen LogP contribution in [0.25, 0.3) is 0 Å². The van der Waals surface area contributed by atoms with Gasteiger partial charge in [0, 0.05) is 25.2 Å². The topological polar surface area (TPSA) is 74.8 Å². The van der Waals surface area contributed by atoms with E-state index in [1.807, 2.05) is 12.1 Å². The van der Waals surface area contributed by atoms with Gasteiger partial charge >= 0.3 is 0 Å². The third-order valence-corrected chi connectivity index (χ3v) is 10.6. The Morgan fingerprint density at radius 2 is 0.970 bits per heavy atom. The summed E-state index contributed by atoms with van der Waals surface area (Å²) < 4.78 is 55.9. The molecule has 184 valence electrons. The fourth-order valence-corrected chi connectivity index (χ4v) is 7.95. The lowest BCUT2D eigenvalue weighted by Crippen LogP contribution is -2.36. The molecule has 0 aliphatic carbocycles. The fourth-order valence-electron chi connectivity index (χ4n) is 3.26. The van der Waals surface area contributed by atoms with Gasteiger partial charge in [-0.3, -0.25) is 0 Å². The molecule has 0 aromatic heterocycles.